The van der Waals surface area contributed by atoms with E-state index in [0.717, 1.165) is 16.2 Å². The fourth-order valence-corrected chi connectivity index (χ4v) is 4.25. The number of nitrogens with one attached hydrogen (secondary N) is 1. The maximum Gasteiger partial charge on any atom is 0.271 e. The highest BCUT2D eigenvalue weighted by atomic mass is 32.2. The molecular weight excluding hydrogens is 300 g/mol. The molecule has 0 aliphatic heterocycles. The molecule has 0 aliphatic rings. The Bertz CT molecular complexity index is 729. The van der Waals surface area contributed by atoms with Crippen molar-refractivity contribution in [2.75, 3.05) is 11.0 Å². The van der Waals surface area contributed by atoms with E-state index in [9.17, 15) is 8.42 Å². The van der Waals surface area contributed by atoms with Crippen molar-refractivity contribution >= 4 is 38.8 Å². The molecule has 1 aromatic carbocycles. The molecule has 0 fully saturated rings. The van der Waals surface area contributed by atoms with Gasteiger partial charge in [0, 0.05) is 4.90 Å². The lowest BCUT2D eigenvalue weighted by molar-refractivity contribution is 0.603. The van der Waals surface area contributed by atoms with Gasteiger partial charge in [0.2, 0.25) is 0 Å². The summed E-state index contributed by atoms with van der Waals surface area (Å²) in [5.74, 6) is 0. The molecule has 1 heterocycles. The summed E-state index contributed by atoms with van der Waals surface area (Å²) in [5, 5.41) is 8.73. The smallest absolute Gasteiger partial charge is 0.271 e. The minimum Gasteiger partial charge on any atom is -0.278 e. The van der Waals surface area contributed by atoms with Gasteiger partial charge >= 0.3 is 0 Å². The van der Waals surface area contributed by atoms with Crippen molar-refractivity contribution in [3.8, 4) is 6.07 Å². The minimum atomic E-state index is -3.63. The predicted octanol–water partition coefficient (Wildman–Crippen LogP) is 3.14. The van der Waals surface area contributed by atoms with Crippen molar-refractivity contribution in [2.45, 2.75) is 9.10 Å². The van der Waals surface area contributed by atoms with E-state index in [0.29, 0.717) is 10.6 Å². The van der Waals surface area contributed by atoms with Crippen LogP contribution >= 0.6 is 23.1 Å². The Balaban J connectivity index is 2.34. The van der Waals surface area contributed by atoms with Gasteiger partial charge in [-0.1, -0.05) is 12.1 Å². The Morgan fingerprint density at radius 3 is 2.63 bits per heavy atom. The molecular formula is C12H10N2O2S3. The summed E-state index contributed by atoms with van der Waals surface area (Å²) in [7, 11) is -3.63. The van der Waals surface area contributed by atoms with E-state index in [2.05, 4.69) is 4.72 Å². The van der Waals surface area contributed by atoms with Crippen molar-refractivity contribution in [2.24, 2.45) is 0 Å². The van der Waals surface area contributed by atoms with Crippen molar-refractivity contribution in [1.82, 2.24) is 0 Å². The molecule has 2 aromatic rings. The second-order valence-corrected chi connectivity index (χ2v) is 7.38. The van der Waals surface area contributed by atoms with Gasteiger partial charge in [-0.2, -0.15) is 5.26 Å². The third-order valence-electron chi connectivity index (χ3n) is 2.31. The normalized spacial score (nSPS) is 10.9. The summed E-state index contributed by atoms with van der Waals surface area (Å²) >= 11 is 2.42. The topological polar surface area (TPSA) is 70.0 Å². The summed E-state index contributed by atoms with van der Waals surface area (Å²) in [6, 6.07) is 12.0. The Morgan fingerprint density at radius 2 is 2.00 bits per heavy atom. The van der Waals surface area contributed by atoms with Gasteiger partial charge in [-0.05, 0) is 30.5 Å². The standard InChI is InChI=1S/C12H10N2O2S3/c1-17-11-5-3-2-4-10(11)14-19(15,16)12-7-6-9(8-13)18-12/h2-7,14H,1H3. The van der Waals surface area contributed by atoms with Crippen molar-refractivity contribution < 1.29 is 8.42 Å². The monoisotopic (exact) mass is 310 g/mol. The minimum absolute atomic E-state index is 0.139. The number of rotatable bonds is 4. The number of anilines is 1. The molecule has 0 bridgehead atoms. The van der Waals surface area contributed by atoms with Crippen LogP contribution in [-0.2, 0) is 10.0 Å². The number of nitrogens with zero attached hydrogens (tertiary/aromatic N) is 1. The first kappa shape index (κ1) is 13.9. The number of para-hydroxylation sites is 1. The number of hydrogen-bond donors (Lipinski definition) is 1. The maximum absolute atomic E-state index is 12.2. The summed E-state index contributed by atoms with van der Waals surface area (Å²) in [5.41, 5.74) is 0.543. The molecule has 0 radical (unpaired) electrons. The highest BCUT2D eigenvalue weighted by Crippen LogP contribution is 2.28. The first-order chi connectivity index (χ1) is 9.06. The van der Waals surface area contributed by atoms with Crippen LogP contribution < -0.4 is 4.72 Å². The lowest BCUT2D eigenvalue weighted by Gasteiger charge is -2.09. The van der Waals surface area contributed by atoms with E-state index in [1.54, 1.807) is 12.1 Å². The average molecular weight is 310 g/mol. The molecule has 1 N–H and O–H groups in total. The van der Waals surface area contributed by atoms with Crippen molar-refractivity contribution in [3.63, 3.8) is 0 Å². The van der Waals surface area contributed by atoms with Gasteiger partial charge in [0.25, 0.3) is 10.0 Å². The number of hydrogen-bond acceptors (Lipinski definition) is 5. The molecule has 0 saturated heterocycles. The van der Waals surface area contributed by atoms with Crippen LogP contribution in [0, 0.1) is 11.3 Å². The SMILES string of the molecule is CSc1ccccc1NS(=O)(=O)c1ccc(C#N)s1. The quantitative estimate of drug-likeness (QED) is 0.881. The van der Waals surface area contributed by atoms with Crippen LogP contribution in [0.1, 0.15) is 4.88 Å². The second kappa shape index (κ2) is 5.65. The summed E-state index contributed by atoms with van der Waals surface area (Å²) in [6.07, 6.45) is 1.88. The van der Waals surface area contributed by atoms with E-state index >= 15 is 0 Å². The Hall–Kier alpha value is -1.49. The third-order valence-corrected chi connectivity index (χ3v) is 5.95. The van der Waals surface area contributed by atoms with Crippen LogP contribution in [-0.4, -0.2) is 14.7 Å². The zero-order chi connectivity index (χ0) is 13.9. The molecule has 0 aliphatic carbocycles. The highest BCUT2D eigenvalue weighted by Gasteiger charge is 2.18. The number of sulfonamides is 1. The molecule has 0 saturated carbocycles. The van der Waals surface area contributed by atoms with Gasteiger partial charge in [-0.15, -0.1) is 23.1 Å². The highest BCUT2D eigenvalue weighted by molar-refractivity contribution is 7.99. The maximum atomic E-state index is 12.2. The number of thioether (sulfide) groups is 1. The van der Waals surface area contributed by atoms with E-state index in [1.807, 2.05) is 24.5 Å². The molecule has 0 atom stereocenters. The Kier molecular flexibility index (Phi) is 4.14. The third kappa shape index (κ3) is 3.10. The molecule has 19 heavy (non-hydrogen) atoms. The summed E-state index contributed by atoms with van der Waals surface area (Å²) in [6.45, 7) is 0. The predicted molar refractivity (Wildman–Crippen MR) is 78.1 cm³/mol. The Morgan fingerprint density at radius 1 is 1.26 bits per heavy atom. The van der Waals surface area contributed by atoms with Crippen molar-refractivity contribution in [3.05, 3.63) is 41.3 Å². The largest absolute Gasteiger partial charge is 0.278 e. The summed E-state index contributed by atoms with van der Waals surface area (Å²) in [4.78, 5) is 1.22. The van der Waals surface area contributed by atoms with E-state index in [1.165, 1.54) is 23.9 Å². The lowest BCUT2D eigenvalue weighted by atomic mass is 10.3. The fourth-order valence-electron chi connectivity index (χ4n) is 1.45. The van der Waals surface area contributed by atoms with Gasteiger partial charge in [0.15, 0.2) is 0 Å². The van der Waals surface area contributed by atoms with Gasteiger partial charge in [-0.25, -0.2) is 8.42 Å². The molecule has 0 spiro atoms. The molecule has 4 nitrogen and oxygen atoms in total. The van der Waals surface area contributed by atoms with Crippen LogP contribution in [0.3, 0.4) is 0 Å². The van der Waals surface area contributed by atoms with E-state index < -0.39 is 10.0 Å². The van der Waals surface area contributed by atoms with Crippen LogP contribution in [0.15, 0.2) is 45.5 Å². The molecule has 0 unspecified atom stereocenters. The molecule has 1 aromatic heterocycles. The van der Waals surface area contributed by atoms with Gasteiger partial charge < -0.3 is 0 Å². The van der Waals surface area contributed by atoms with Crippen LogP contribution in [0.4, 0.5) is 5.69 Å². The first-order valence-electron chi connectivity index (χ1n) is 5.22. The Labute approximate surface area is 120 Å². The zero-order valence-corrected chi connectivity index (χ0v) is 12.4. The second-order valence-electron chi connectivity index (χ2n) is 3.54. The number of thiophene rings is 1. The first-order valence-corrected chi connectivity index (χ1v) is 8.75. The van der Waals surface area contributed by atoms with Crippen molar-refractivity contribution in [1.29, 1.82) is 5.26 Å². The van der Waals surface area contributed by atoms with E-state index in [-0.39, 0.29) is 4.21 Å². The number of benzene rings is 1. The lowest BCUT2D eigenvalue weighted by Crippen LogP contribution is -2.11. The van der Waals surface area contributed by atoms with Gasteiger partial charge in [-0.3, -0.25) is 4.72 Å². The molecule has 2 rings (SSSR count). The van der Waals surface area contributed by atoms with E-state index in [4.69, 9.17) is 5.26 Å². The van der Waals surface area contributed by atoms with Gasteiger partial charge in [0.05, 0.1) is 5.69 Å². The molecule has 98 valence electrons. The fraction of sp³-hybridized carbons (Fsp3) is 0.0833. The number of nitriles is 1. The van der Waals surface area contributed by atoms with Gasteiger partial charge in [0.1, 0.15) is 15.2 Å². The molecule has 0 amide bonds. The van der Waals surface area contributed by atoms with Crippen LogP contribution in [0.5, 0.6) is 0 Å². The zero-order valence-electron chi connectivity index (χ0n) is 9.95. The average Bonchev–Trinajstić information content (AvgIpc) is 2.88. The molecule has 7 heteroatoms. The van der Waals surface area contributed by atoms with Crippen LogP contribution in [0.2, 0.25) is 0 Å². The summed E-state index contributed by atoms with van der Waals surface area (Å²) < 4.78 is 27.0. The van der Waals surface area contributed by atoms with Crippen LogP contribution in [0.25, 0.3) is 0 Å².